The fraction of sp³-hybridized carbons (Fsp3) is 0.0909. The molecule has 0 radical (unpaired) electrons. The van der Waals surface area contributed by atoms with Crippen molar-refractivity contribution in [2.75, 3.05) is 7.11 Å². The molecule has 1 heterocycles. The zero-order valence-electron chi connectivity index (χ0n) is 8.92. The number of benzene rings is 1. The maximum Gasteiger partial charge on any atom is 0.325 e. The van der Waals surface area contributed by atoms with E-state index in [9.17, 15) is 5.11 Å². The summed E-state index contributed by atoms with van der Waals surface area (Å²) in [6.07, 6.45) is 1.53. The lowest BCUT2D eigenvalue weighted by molar-refractivity contribution is 0.373. The molecule has 0 aliphatic rings. The van der Waals surface area contributed by atoms with Crippen LogP contribution >= 0.6 is 15.9 Å². The first kappa shape index (κ1) is 11.7. The Morgan fingerprint density at radius 2 is 2.18 bits per heavy atom. The van der Waals surface area contributed by atoms with Crippen LogP contribution in [0.2, 0.25) is 0 Å². The summed E-state index contributed by atoms with van der Waals surface area (Å²) in [5.41, 5.74) is 0. The highest BCUT2D eigenvalue weighted by molar-refractivity contribution is 9.10. The van der Waals surface area contributed by atoms with Gasteiger partial charge in [-0.3, -0.25) is 0 Å². The largest absolute Gasteiger partial charge is 0.508 e. The van der Waals surface area contributed by atoms with Gasteiger partial charge in [-0.2, -0.15) is 4.98 Å². The number of rotatable bonds is 3. The van der Waals surface area contributed by atoms with Crippen LogP contribution in [0.25, 0.3) is 0 Å². The summed E-state index contributed by atoms with van der Waals surface area (Å²) >= 11 is 3.24. The van der Waals surface area contributed by atoms with Gasteiger partial charge in [0, 0.05) is 6.07 Å². The molecule has 0 fully saturated rings. The van der Waals surface area contributed by atoms with Gasteiger partial charge in [0.05, 0.1) is 17.8 Å². The molecule has 17 heavy (non-hydrogen) atoms. The molecule has 6 heteroatoms. The Bertz CT molecular complexity index is 534. The van der Waals surface area contributed by atoms with Crippen molar-refractivity contribution >= 4 is 15.9 Å². The predicted molar refractivity (Wildman–Crippen MR) is 64.5 cm³/mol. The van der Waals surface area contributed by atoms with Crippen molar-refractivity contribution in [3.05, 3.63) is 34.9 Å². The lowest BCUT2D eigenvalue weighted by atomic mass is 10.3. The molecule has 0 bridgehead atoms. The third-order valence-electron chi connectivity index (χ3n) is 1.91. The highest BCUT2D eigenvalue weighted by atomic mass is 79.9. The number of aromatic nitrogens is 2. The fourth-order valence-corrected chi connectivity index (χ4v) is 1.53. The fourth-order valence-electron chi connectivity index (χ4n) is 1.18. The highest BCUT2D eigenvalue weighted by Crippen LogP contribution is 2.26. The standard InChI is InChI=1S/C11H9BrN2O3/c1-16-10-9(12)6-13-11(14-10)17-8-4-2-3-7(15)5-8/h2-6,15H,1H3. The minimum Gasteiger partial charge on any atom is -0.508 e. The number of nitrogens with zero attached hydrogens (tertiary/aromatic N) is 2. The lowest BCUT2D eigenvalue weighted by Crippen LogP contribution is -1.95. The monoisotopic (exact) mass is 296 g/mol. The van der Waals surface area contributed by atoms with Crippen molar-refractivity contribution in [2.24, 2.45) is 0 Å². The van der Waals surface area contributed by atoms with Gasteiger partial charge >= 0.3 is 6.01 Å². The van der Waals surface area contributed by atoms with Gasteiger partial charge in [-0.25, -0.2) is 4.98 Å². The summed E-state index contributed by atoms with van der Waals surface area (Å²) in [4.78, 5) is 8.00. The Morgan fingerprint density at radius 3 is 2.88 bits per heavy atom. The smallest absolute Gasteiger partial charge is 0.325 e. The Morgan fingerprint density at radius 1 is 1.35 bits per heavy atom. The van der Waals surface area contributed by atoms with E-state index in [4.69, 9.17) is 9.47 Å². The quantitative estimate of drug-likeness (QED) is 0.943. The van der Waals surface area contributed by atoms with Gasteiger partial charge in [0.15, 0.2) is 0 Å². The minimum absolute atomic E-state index is 0.117. The molecular formula is C11H9BrN2O3. The second kappa shape index (κ2) is 5.01. The van der Waals surface area contributed by atoms with Gasteiger partial charge in [-0.15, -0.1) is 0 Å². The number of hydrogen-bond acceptors (Lipinski definition) is 5. The SMILES string of the molecule is COc1nc(Oc2cccc(O)c2)ncc1Br. The molecule has 0 saturated heterocycles. The maximum absolute atomic E-state index is 9.28. The third kappa shape index (κ3) is 2.85. The van der Waals surface area contributed by atoms with Gasteiger partial charge in [-0.05, 0) is 28.1 Å². The summed E-state index contributed by atoms with van der Waals surface area (Å²) in [7, 11) is 1.51. The van der Waals surface area contributed by atoms with Crippen molar-refractivity contribution in [1.82, 2.24) is 9.97 Å². The van der Waals surface area contributed by atoms with Gasteiger partial charge in [0.1, 0.15) is 11.5 Å². The Labute approximate surface area is 106 Å². The molecule has 1 aromatic heterocycles. The molecule has 0 aliphatic carbocycles. The van der Waals surface area contributed by atoms with Crippen LogP contribution in [-0.2, 0) is 0 Å². The minimum atomic E-state index is 0.117. The molecule has 0 unspecified atom stereocenters. The third-order valence-corrected chi connectivity index (χ3v) is 2.45. The number of methoxy groups -OCH3 is 1. The number of ether oxygens (including phenoxy) is 2. The van der Waals surface area contributed by atoms with Crippen molar-refractivity contribution in [3.63, 3.8) is 0 Å². The molecule has 5 nitrogen and oxygen atoms in total. The zero-order valence-corrected chi connectivity index (χ0v) is 10.5. The van der Waals surface area contributed by atoms with Gasteiger partial charge < -0.3 is 14.6 Å². The van der Waals surface area contributed by atoms with Crippen LogP contribution < -0.4 is 9.47 Å². The first-order valence-electron chi connectivity index (χ1n) is 4.72. The Balaban J connectivity index is 2.24. The first-order chi connectivity index (χ1) is 8.19. The number of hydrogen-bond donors (Lipinski definition) is 1. The number of phenolic OH excluding ortho intramolecular Hbond substituents is 1. The van der Waals surface area contributed by atoms with Crippen LogP contribution in [-0.4, -0.2) is 22.2 Å². The van der Waals surface area contributed by atoms with Crippen molar-refractivity contribution in [3.8, 4) is 23.4 Å². The van der Waals surface area contributed by atoms with Crippen LogP contribution in [0.5, 0.6) is 23.4 Å². The van der Waals surface area contributed by atoms with Crippen molar-refractivity contribution in [2.45, 2.75) is 0 Å². The number of phenols is 1. The molecule has 0 saturated carbocycles. The summed E-state index contributed by atoms with van der Waals surface area (Å²) in [6.45, 7) is 0. The van der Waals surface area contributed by atoms with E-state index < -0.39 is 0 Å². The Kier molecular flexibility index (Phi) is 3.43. The summed E-state index contributed by atoms with van der Waals surface area (Å²) < 4.78 is 11.0. The normalized spacial score (nSPS) is 10.0. The van der Waals surface area contributed by atoms with E-state index in [2.05, 4.69) is 25.9 Å². The molecule has 0 aliphatic heterocycles. The van der Waals surface area contributed by atoms with Gasteiger partial charge in [-0.1, -0.05) is 6.07 Å². The first-order valence-corrected chi connectivity index (χ1v) is 5.52. The average molecular weight is 297 g/mol. The molecule has 0 amide bonds. The molecule has 2 aromatic rings. The van der Waals surface area contributed by atoms with Crippen LogP contribution in [0.15, 0.2) is 34.9 Å². The molecular weight excluding hydrogens is 288 g/mol. The van der Waals surface area contributed by atoms with E-state index in [1.807, 2.05) is 0 Å². The van der Waals surface area contributed by atoms with Crippen LogP contribution in [0.4, 0.5) is 0 Å². The highest BCUT2D eigenvalue weighted by Gasteiger charge is 2.07. The van der Waals surface area contributed by atoms with E-state index in [-0.39, 0.29) is 11.8 Å². The van der Waals surface area contributed by atoms with E-state index >= 15 is 0 Å². The lowest BCUT2D eigenvalue weighted by Gasteiger charge is -2.06. The topological polar surface area (TPSA) is 64.5 Å². The van der Waals surface area contributed by atoms with Crippen molar-refractivity contribution in [1.29, 1.82) is 0 Å². The molecule has 1 N–H and O–H groups in total. The molecule has 88 valence electrons. The van der Waals surface area contributed by atoms with E-state index in [1.165, 1.54) is 19.4 Å². The second-order valence-corrected chi connectivity index (χ2v) is 3.96. The van der Waals surface area contributed by atoms with E-state index in [0.29, 0.717) is 16.1 Å². The molecule has 0 spiro atoms. The summed E-state index contributed by atoms with van der Waals surface area (Å²) in [6, 6.07) is 6.53. The number of halogens is 1. The maximum atomic E-state index is 9.28. The van der Waals surface area contributed by atoms with Crippen LogP contribution in [0.3, 0.4) is 0 Å². The summed E-state index contributed by atoms with van der Waals surface area (Å²) in [5, 5.41) is 9.28. The molecule has 0 atom stereocenters. The van der Waals surface area contributed by atoms with Crippen LogP contribution in [0.1, 0.15) is 0 Å². The van der Waals surface area contributed by atoms with Crippen molar-refractivity contribution < 1.29 is 14.6 Å². The van der Waals surface area contributed by atoms with E-state index in [1.54, 1.807) is 18.2 Å². The molecule has 2 rings (SSSR count). The second-order valence-electron chi connectivity index (χ2n) is 3.11. The van der Waals surface area contributed by atoms with E-state index in [0.717, 1.165) is 0 Å². The van der Waals surface area contributed by atoms with Gasteiger partial charge in [0.2, 0.25) is 5.88 Å². The summed E-state index contributed by atoms with van der Waals surface area (Å²) in [5.74, 6) is 0.955. The van der Waals surface area contributed by atoms with Gasteiger partial charge in [0.25, 0.3) is 0 Å². The zero-order chi connectivity index (χ0) is 12.3. The molecule has 1 aromatic carbocycles. The number of aromatic hydroxyl groups is 1. The van der Waals surface area contributed by atoms with Crippen LogP contribution in [0, 0.1) is 0 Å². The predicted octanol–water partition coefficient (Wildman–Crippen LogP) is 2.75. The Hall–Kier alpha value is -1.82. The average Bonchev–Trinajstić information content (AvgIpc) is 2.32.